The molecule has 5 heteroatoms. The molecule has 15 heavy (non-hydrogen) atoms. The van der Waals surface area contributed by atoms with Gasteiger partial charge in [0.25, 0.3) is 0 Å². The van der Waals surface area contributed by atoms with Crippen molar-refractivity contribution in [2.45, 2.75) is 0 Å². The highest BCUT2D eigenvalue weighted by Gasteiger charge is 2.08. The van der Waals surface area contributed by atoms with Gasteiger partial charge < -0.3 is 14.7 Å². The van der Waals surface area contributed by atoms with Gasteiger partial charge in [-0.15, -0.1) is 0 Å². The van der Waals surface area contributed by atoms with Gasteiger partial charge in [0.1, 0.15) is 6.21 Å². The molecule has 80 valence electrons. The normalized spacial score (nSPS) is 10.3. The van der Waals surface area contributed by atoms with Gasteiger partial charge in [0.2, 0.25) is 5.78 Å². The average Bonchev–Trinajstić information content (AvgIpc) is 2.28. The van der Waals surface area contributed by atoms with Gasteiger partial charge in [-0.3, -0.25) is 4.79 Å². The number of ketones is 1. The Morgan fingerprint density at radius 3 is 2.53 bits per heavy atom. The van der Waals surface area contributed by atoms with E-state index in [4.69, 9.17) is 14.7 Å². The highest BCUT2D eigenvalue weighted by Crippen LogP contribution is 2.27. The Morgan fingerprint density at radius 2 is 2.00 bits per heavy atom. The number of hydrogen-bond donors (Lipinski definition) is 1. The van der Waals surface area contributed by atoms with E-state index in [2.05, 4.69) is 5.16 Å². The SMILES string of the molecule is COc1ccc(C(=O)C=NO)cc1OC. The Labute approximate surface area is 86.9 Å². The molecule has 1 N–H and O–H groups in total. The minimum Gasteiger partial charge on any atom is -0.493 e. The quantitative estimate of drug-likeness (QED) is 0.351. The Kier molecular flexibility index (Phi) is 3.68. The van der Waals surface area contributed by atoms with Crippen LogP contribution in [-0.4, -0.2) is 31.4 Å². The first-order valence-electron chi connectivity index (χ1n) is 4.16. The summed E-state index contributed by atoms with van der Waals surface area (Å²) in [4.78, 5) is 11.3. The molecule has 0 aromatic heterocycles. The van der Waals surface area contributed by atoms with Crippen molar-refractivity contribution in [3.05, 3.63) is 23.8 Å². The number of ether oxygens (including phenoxy) is 2. The monoisotopic (exact) mass is 209 g/mol. The largest absolute Gasteiger partial charge is 0.493 e. The highest BCUT2D eigenvalue weighted by molar-refractivity contribution is 6.35. The first kappa shape index (κ1) is 11.0. The Bertz CT molecular complexity index is 387. The zero-order valence-electron chi connectivity index (χ0n) is 8.43. The van der Waals surface area contributed by atoms with E-state index >= 15 is 0 Å². The lowest BCUT2D eigenvalue weighted by atomic mass is 10.1. The fraction of sp³-hybridized carbons (Fsp3) is 0.200. The lowest BCUT2D eigenvalue weighted by molar-refractivity contribution is 0.106. The summed E-state index contributed by atoms with van der Waals surface area (Å²) in [7, 11) is 2.99. The topological polar surface area (TPSA) is 68.1 Å². The van der Waals surface area contributed by atoms with Crippen molar-refractivity contribution in [2.24, 2.45) is 5.16 Å². The molecule has 5 nitrogen and oxygen atoms in total. The molecule has 0 bridgehead atoms. The van der Waals surface area contributed by atoms with Crippen molar-refractivity contribution < 1.29 is 19.5 Å². The van der Waals surface area contributed by atoms with Crippen LogP contribution in [0, 0.1) is 0 Å². The molecule has 0 heterocycles. The molecule has 0 saturated heterocycles. The standard InChI is InChI=1S/C10H11NO4/c1-14-9-4-3-7(5-10(9)15-2)8(12)6-11-13/h3-6,13H,1-2H3. The molecule has 0 spiro atoms. The molecular weight excluding hydrogens is 198 g/mol. The van der Waals surface area contributed by atoms with E-state index in [1.165, 1.54) is 20.3 Å². The summed E-state index contributed by atoms with van der Waals surface area (Å²) in [5.74, 6) is 0.586. The van der Waals surface area contributed by atoms with Crippen molar-refractivity contribution >= 4 is 12.0 Å². The van der Waals surface area contributed by atoms with Gasteiger partial charge in [0.05, 0.1) is 14.2 Å². The van der Waals surface area contributed by atoms with Crippen LogP contribution in [0.2, 0.25) is 0 Å². The molecule has 0 radical (unpaired) electrons. The third-order valence-electron chi connectivity index (χ3n) is 1.84. The van der Waals surface area contributed by atoms with Gasteiger partial charge in [-0.2, -0.15) is 0 Å². The molecular formula is C10H11NO4. The van der Waals surface area contributed by atoms with Crippen molar-refractivity contribution in [1.29, 1.82) is 0 Å². The number of carbonyl (C=O) groups excluding carboxylic acids is 1. The van der Waals surface area contributed by atoms with Crippen molar-refractivity contribution in [2.75, 3.05) is 14.2 Å². The first-order chi connectivity index (χ1) is 7.22. The fourth-order valence-electron chi connectivity index (χ4n) is 1.12. The van der Waals surface area contributed by atoms with Crippen LogP contribution in [0.1, 0.15) is 10.4 Å². The van der Waals surface area contributed by atoms with Gasteiger partial charge in [-0.05, 0) is 18.2 Å². The number of rotatable bonds is 4. The number of hydrogen-bond acceptors (Lipinski definition) is 5. The van der Waals surface area contributed by atoms with E-state index in [9.17, 15) is 4.79 Å². The van der Waals surface area contributed by atoms with Crippen LogP contribution in [0.15, 0.2) is 23.4 Å². The van der Waals surface area contributed by atoms with Gasteiger partial charge in [0, 0.05) is 5.56 Å². The Morgan fingerprint density at radius 1 is 1.33 bits per heavy atom. The predicted molar refractivity (Wildman–Crippen MR) is 54.2 cm³/mol. The van der Waals surface area contributed by atoms with Crippen LogP contribution < -0.4 is 9.47 Å². The maximum Gasteiger partial charge on any atom is 0.207 e. The van der Waals surface area contributed by atoms with Gasteiger partial charge >= 0.3 is 0 Å². The number of carbonyl (C=O) groups is 1. The van der Waals surface area contributed by atoms with Crippen LogP contribution in [0.3, 0.4) is 0 Å². The first-order valence-corrected chi connectivity index (χ1v) is 4.16. The predicted octanol–water partition coefficient (Wildman–Crippen LogP) is 1.35. The highest BCUT2D eigenvalue weighted by atomic mass is 16.5. The molecule has 1 aromatic carbocycles. The number of oxime groups is 1. The third-order valence-corrected chi connectivity index (χ3v) is 1.84. The summed E-state index contributed by atoms with van der Waals surface area (Å²) < 4.78 is 10.0. The third kappa shape index (κ3) is 2.46. The molecule has 0 aliphatic carbocycles. The van der Waals surface area contributed by atoms with Crippen LogP contribution in [-0.2, 0) is 0 Å². The molecule has 0 fully saturated rings. The van der Waals surface area contributed by atoms with E-state index < -0.39 is 5.78 Å². The van der Waals surface area contributed by atoms with E-state index in [-0.39, 0.29) is 0 Å². The van der Waals surface area contributed by atoms with Gasteiger partial charge in [-0.25, -0.2) is 0 Å². The molecule has 0 amide bonds. The maximum absolute atomic E-state index is 11.3. The van der Waals surface area contributed by atoms with Crippen LogP contribution in [0.25, 0.3) is 0 Å². The molecule has 1 rings (SSSR count). The Hall–Kier alpha value is -2.04. The van der Waals surface area contributed by atoms with Gasteiger partial charge in [-0.1, -0.05) is 5.16 Å². The second-order valence-corrected chi connectivity index (χ2v) is 2.68. The number of nitrogens with zero attached hydrogens (tertiary/aromatic N) is 1. The molecule has 0 unspecified atom stereocenters. The van der Waals surface area contributed by atoms with Crippen LogP contribution in [0.4, 0.5) is 0 Å². The summed E-state index contributed by atoms with van der Waals surface area (Å²) in [5.41, 5.74) is 0.366. The van der Waals surface area contributed by atoms with Crippen LogP contribution in [0.5, 0.6) is 11.5 Å². The lowest BCUT2D eigenvalue weighted by Gasteiger charge is -2.07. The van der Waals surface area contributed by atoms with Crippen molar-refractivity contribution in [3.8, 4) is 11.5 Å². The molecule has 0 aliphatic heterocycles. The van der Waals surface area contributed by atoms with Crippen molar-refractivity contribution in [1.82, 2.24) is 0 Å². The summed E-state index contributed by atoms with van der Waals surface area (Å²) in [6, 6.07) is 4.69. The summed E-state index contributed by atoms with van der Waals surface area (Å²) in [5, 5.41) is 10.9. The molecule has 0 saturated carbocycles. The lowest BCUT2D eigenvalue weighted by Crippen LogP contribution is -2.01. The number of methoxy groups -OCH3 is 2. The smallest absolute Gasteiger partial charge is 0.207 e. The van der Waals surface area contributed by atoms with E-state index in [0.29, 0.717) is 17.1 Å². The van der Waals surface area contributed by atoms with E-state index in [1.807, 2.05) is 0 Å². The molecule has 0 atom stereocenters. The zero-order chi connectivity index (χ0) is 11.3. The second kappa shape index (κ2) is 4.99. The van der Waals surface area contributed by atoms with E-state index in [0.717, 1.165) is 6.21 Å². The van der Waals surface area contributed by atoms with Crippen LogP contribution >= 0.6 is 0 Å². The van der Waals surface area contributed by atoms with Crippen molar-refractivity contribution in [3.63, 3.8) is 0 Å². The minimum atomic E-state index is -0.404. The summed E-state index contributed by atoms with van der Waals surface area (Å²) in [6.07, 6.45) is 0.821. The minimum absolute atomic E-state index is 0.366. The summed E-state index contributed by atoms with van der Waals surface area (Å²) >= 11 is 0. The second-order valence-electron chi connectivity index (χ2n) is 2.68. The zero-order valence-corrected chi connectivity index (χ0v) is 8.43. The molecule has 0 aliphatic rings. The average molecular weight is 209 g/mol. The number of Topliss-reactive ketones (excluding diaryl/α,β-unsaturated/α-hetero) is 1. The van der Waals surface area contributed by atoms with E-state index in [1.54, 1.807) is 12.1 Å². The Balaban J connectivity index is 3.08. The fourth-order valence-corrected chi connectivity index (χ4v) is 1.12. The summed E-state index contributed by atoms with van der Waals surface area (Å²) in [6.45, 7) is 0. The maximum atomic E-state index is 11.3. The number of benzene rings is 1. The van der Waals surface area contributed by atoms with Gasteiger partial charge in [0.15, 0.2) is 11.5 Å². The molecule has 1 aromatic rings.